The molecule has 0 atom stereocenters. The molecular weight excluding hydrogens is 328 g/mol. The Kier molecular flexibility index (Phi) is 4.23. The third kappa shape index (κ3) is 3.09. The van der Waals surface area contributed by atoms with Crippen LogP contribution in [0.3, 0.4) is 0 Å². The van der Waals surface area contributed by atoms with Gasteiger partial charge in [-0.2, -0.15) is 5.10 Å². The Labute approximate surface area is 151 Å². The van der Waals surface area contributed by atoms with Crippen LogP contribution in [0.5, 0.6) is 0 Å². The number of nitrogens with one attached hydrogen (secondary N) is 1. The number of hydrogen-bond acceptors (Lipinski definition) is 3. The van der Waals surface area contributed by atoms with Gasteiger partial charge in [0.2, 0.25) is 5.91 Å². The molecule has 3 aromatic rings. The van der Waals surface area contributed by atoms with Crippen molar-refractivity contribution in [2.45, 2.75) is 0 Å². The Bertz CT molecular complexity index is 878. The van der Waals surface area contributed by atoms with E-state index in [0.29, 0.717) is 18.8 Å². The van der Waals surface area contributed by atoms with Crippen molar-refractivity contribution >= 4 is 11.8 Å². The quantitative estimate of drug-likeness (QED) is 0.790. The first kappa shape index (κ1) is 16.1. The van der Waals surface area contributed by atoms with E-state index in [4.69, 9.17) is 0 Å². The molecule has 0 unspecified atom stereocenters. The van der Waals surface area contributed by atoms with Crippen molar-refractivity contribution < 1.29 is 9.59 Å². The molecular formula is C20H18N4O2. The van der Waals surface area contributed by atoms with Crippen molar-refractivity contribution in [2.75, 3.05) is 19.6 Å². The van der Waals surface area contributed by atoms with Gasteiger partial charge >= 0.3 is 0 Å². The van der Waals surface area contributed by atoms with E-state index in [1.807, 2.05) is 60.7 Å². The molecule has 0 spiro atoms. The third-order valence-corrected chi connectivity index (χ3v) is 4.32. The number of piperazine rings is 1. The number of amides is 2. The minimum atomic E-state index is -0.230. The van der Waals surface area contributed by atoms with Crippen LogP contribution in [0.2, 0.25) is 0 Å². The largest absolute Gasteiger partial charge is 0.353 e. The number of carbonyl (C=O) groups is 2. The highest BCUT2D eigenvalue weighted by atomic mass is 16.2. The zero-order chi connectivity index (χ0) is 17.9. The number of carbonyl (C=O) groups excluding carboxylic acids is 2. The van der Waals surface area contributed by atoms with Crippen LogP contribution in [0, 0.1) is 0 Å². The second-order valence-corrected chi connectivity index (χ2v) is 6.10. The van der Waals surface area contributed by atoms with Crippen LogP contribution < -0.4 is 5.32 Å². The van der Waals surface area contributed by atoms with Gasteiger partial charge in [0.1, 0.15) is 0 Å². The van der Waals surface area contributed by atoms with E-state index in [0.717, 1.165) is 16.9 Å². The fourth-order valence-electron chi connectivity index (χ4n) is 3.04. The van der Waals surface area contributed by atoms with E-state index in [2.05, 4.69) is 10.4 Å². The Morgan fingerprint density at radius 2 is 1.69 bits per heavy atom. The molecule has 2 aromatic carbocycles. The fraction of sp³-hybridized carbons (Fsp3) is 0.150. The smallest absolute Gasteiger partial charge is 0.274 e. The molecule has 130 valence electrons. The normalized spacial score (nSPS) is 14.2. The average Bonchev–Trinajstić information content (AvgIpc) is 3.14. The monoisotopic (exact) mass is 346 g/mol. The summed E-state index contributed by atoms with van der Waals surface area (Å²) in [4.78, 5) is 26.0. The molecule has 1 aromatic heterocycles. The molecule has 0 saturated carbocycles. The summed E-state index contributed by atoms with van der Waals surface area (Å²) in [6, 6.07) is 21.3. The summed E-state index contributed by atoms with van der Waals surface area (Å²) in [5.41, 5.74) is 3.02. The van der Waals surface area contributed by atoms with E-state index in [-0.39, 0.29) is 18.4 Å². The van der Waals surface area contributed by atoms with E-state index in [9.17, 15) is 9.59 Å². The summed E-state index contributed by atoms with van der Waals surface area (Å²) in [7, 11) is 0. The highest BCUT2D eigenvalue weighted by Crippen LogP contribution is 2.24. The highest BCUT2D eigenvalue weighted by molar-refractivity contribution is 5.96. The Hall–Kier alpha value is -3.41. The van der Waals surface area contributed by atoms with Crippen molar-refractivity contribution in [1.29, 1.82) is 0 Å². The molecule has 6 nitrogen and oxygen atoms in total. The van der Waals surface area contributed by atoms with Gasteiger partial charge < -0.3 is 10.2 Å². The zero-order valence-electron chi connectivity index (χ0n) is 14.1. The third-order valence-electron chi connectivity index (χ3n) is 4.32. The van der Waals surface area contributed by atoms with Gasteiger partial charge in [-0.1, -0.05) is 48.5 Å². The fourth-order valence-corrected chi connectivity index (χ4v) is 3.04. The summed E-state index contributed by atoms with van der Waals surface area (Å²) >= 11 is 0. The first-order valence-electron chi connectivity index (χ1n) is 8.49. The van der Waals surface area contributed by atoms with E-state index in [1.54, 1.807) is 10.7 Å². The van der Waals surface area contributed by atoms with Crippen molar-refractivity contribution in [1.82, 2.24) is 20.0 Å². The lowest BCUT2D eigenvalue weighted by Gasteiger charge is -2.25. The lowest BCUT2D eigenvalue weighted by molar-refractivity contribution is -0.123. The van der Waals surface area contributed by atoms with Gasteiger partial charge in [0.15, 0.2) is 5.69 Å². The summed E-state index contributed by atoms with van der Waals surface area (Å²) in [6.07, 6.45) is 0. The predicted octanol–water partition coefficient (Wildman–Crippen LogP) is 2.11. The van der Waals surface area contributed by atoms with Gasteiger partial charge in [0.25, 0.3) is 5.91 Å². The van der Waals surface area contributed by atoms with E-state index < -0.39 is 0 Å². The summed E-state index contributed by atoms with van der Waals surface area (Å²) in [5, 5.41) is 7.28. The molecule has 1 aliphatic rings. The maximum absolute atomic E-state index is 12.8. The number of hydrogen-bond donors (Lipinski definition) is 1. The summed E-state index contributed by atoms with van der Waals surface area (Å²) in [6.45, 7) is 1.02. The standard InChI is InChI=1S/C20H18N4O2/c25-19-14-23(12-11-21-19)20(26)17-13-18(15-7-3-1-4-8-15)24(22-17)16-9-5-2-6-10-16/h1-10,13H,11-12,14H2,(H,21,25). The van der Waals surface area contributed by atoms with Gasteiger partial charge in [-0.15, -0.1) is 0 Å². The molecule has 1 fully saturated rings. The maximum Gasteiger partial charge on any atom is 0.274 e. The summed E-state index contributed by atoms with van der Waals surface area (Å²) < 4.78 is 1.77. The Balaban J connectivity index is 1.76. The van der Waals surface area contributed by atoms with Gasteiger partial charge in [0, 0.05) is 18.7 Å². The minimum absolute atomic E-state index is 0.0672. The van der Waals surface area contributed by atoms with E-state index in [1.165, 1.54) is 4.90 Å². The Morgan fingerprint density at radius 3 is 2.38 bits per heavy atom. The van der Waals surface area contributed by atoms with Crippen LogP contribution in [0.1, 0.15) is 10.5 Å². The number of rotatable bonds is 3. The number of benzene rings is 2. The highest BCUT2D eigenvalue weighted by Gasteiger charge is 2.25. The molecule has 4 rings (SSSR count). The first-order valence-corrected chi connectivity index (χ1v) is 8.49. The number of aromatic nitrogens is 2. The molecule has 1 aliphatic heterocycles. The van der Waals surface area contributed by atoms with Crippen LogP contribution in [-0.4, -0.2) is 46.1 Å². The first-order chi connectivity index (χ1) is 12.7. The van der Waals surface area contributed by atoms with Crippen LogP contribution in [0.25, 0.3) is 16.9 Å². The average molecular weight is 346 g/mol. The molecule has 1 saturated heterocycles. The lowest BCUT2D eigenvalue weighted by Crippen LogP contribution is -2.50. The van der Waals surface area contributed by atoms with Gasteiger partial charge in [0.05, 0.1) is 17.9 Å². The summed E-state index contributed by atoms with van der Waals surface area (Å²) in [5.74, 6) is -0.373. The molecule has 2 amide bonds. The minimum Gasteiger partial charge on any atom is -0.353 e. The Morgan fingerprint density at radius 1 is 1.00 bits per heavy atom. The second-order valence-electron chi connectivity index (χ2n) is 6.10. The topological polar surface area (TPSA) is 67.2 Å². The van der Waals surface area contributed by atoms with Crippen LogP contribution in [0.15, 0.2) is 66.7 Å². The molecule has 0 bridgehead atoms. The van der Waals surface area contributed by atoms with Crippen LogP contribution in [-0.2, 0) is 4.79 Å². The number of nitrogens with zero attached hydrogens (tertiary/aromatic N) is 3. The maximum atomic E-state index is 12.8. The van der Waals surface area contributed by atoms with Crippen molar-refractivity contribution in [2.24, 2.45) is 0 Å². The van der Waals surface area contributed by atoms with Crippen LogP contribution >= 0.6 is 0 Å². The van der Waals surface area contributed by atoms with Crippen molar-refractivity contribution in [3.63, 3.8) is 0 Å². The second kappa shape index (κ2) is 6.84. The molecule has 6 heteroatoms. The molecule has 2 heterocycles. The van der Waals surface area contributed by atoms with Gasteiger partial charge in [-0.25, -0.2) is 4.68 Å². The zero-order valence-corrected chi connectivity index (χ0v) is 14.1. The van der Waals surface area contributed by atoms with Crippen molar-refractivity contribution in [3.8, 4) is 16.9 Å². The SMILES string of the molecule is O=C1CN(C(=O)c2cc(-c3ccccc3)n(-c3ccccc3)n2)CCN1. The predicted molar refractivity (Wildman–Crippen MR) is 97.9 cm³/mol. The molecule has 26 heavy (non-hydrogen) atoms. The van der Waals surface area contributed by atoms with Gasteiger partial charge in [-0.3, -0.25) is 9.59 Å². The van der Waals surface area contributed by atoms with Crippen LogP contribution in [0.4, 0.5) is 0 Å². The van der Waals surface area contributed by atoms with Crippen molar-refractivity contribution in [3.05, 3.63) is 72.4 Å². The molecule has 0 radical (unpaired) electrons. The molecule has 0 aliphatic carbocycles. The molecule has 1 N–H and O–H groups in total. The van der Waals surface area contributed by atoms with Gasteiger partial charge in [-0.05, 0) is 18.2 Å². The lowest BCUT2D eigenvalue weighted by atomic mass is 10.1. The number of para-hydroxylation sites is 1. The van der Waals surface area contributed by atoms with E-state index >= 15 is 0 Å².